The number of quaternary nitrogens is 2. The number of hydrogen-bond acceptors (Lipinski definition) is 5. The monoisotopic (exact) mass is 434 g/mol. The Balaban J connectivity index is 1.71. The van der Waals surface area contributed by atoms with Crippen LogP contribution >= 0.6 is 0 Å². The highest BCUT2D eigenvalue weighted by molar-refractivity contribution is 5.96. The van der Waals surface area contributed by atoms with Gasteiger partial charge in [0.2, 0.25) is 0 Å². The van der Waals surface area contributed by atoms with Crippen molar-refractivity contribution < 1.29 is 34.8 Å². The van der Waals surface area contributed by atoms with Crippen LogP contribution in [0, 0.1) is 11.8 Å². The number of phenols is 1. The molecule has 5 N–H and O–H groups in total. The first kappa shape index (κ1) is 23.5. The zero-order valence-electron chi connectivity index (χ0n) is 19.3. The highest BCUT2D eigenvalue weighted by atomic mass is 16.6. The van der Waals surface area contributed by atoms with Crippen LogP contribution in [0.5, 0.6) is 5.75 Å². The molecule has 7 nitrogen and oxygen atoms in total. The molecule has 0 radical (unpaired) electrons. The number of rotatable bonds is 6. The van der Waals surface area contributed by atoms with E-state index in [0.29, 0.717) is 0 Å². The fourth-order valence-electron chi connectivity index (χ4n) is 4.85. The summed E-state index contributed by atoms with van der Waals surface area (Å²) in [5.74, 6) is -0.650. The zero-order valence-corrected chi connectivity index (χ0v) is 19.3. The molecule has 7 heteroatoms. The van der Waals surface area contributed by atoms with E-state index in [4.69, 9.17) is 9.47 Å². The van der Waals surface area contributed by atoms with E-state index in [1.807, 2.05) is 27.7 Å². The van der Waals surface area contributed by atoms with Gasteiger partial charge in [-0.3, -0.25) is 0 Å². The third-order valence-electron chi connectivity index (χ3n) is 6.94. The molecular weight excluding hydrogens is 396 g/mol. The Morgan fingerprint density at radius 1 is 0.774 bits per heavy atom. The van der Waals surface area contributed by atoms with Gasteiger partial charge in [0.05, 0.1) is 37.3 Å². The Morgan fingerprint density at radius 3 is 1.48 bits per heavy atom. The predicted octanol–water partition coefficient (Wildman–Crippen LogP) is 1.21. The minimum atomic E-state index is -0.614. The van der Waals surface area contributed by atoms with Crippen LogP contribution < -0.4 is 10.6 Å². The minimum absolute atomic E-state index is 0.156. The van der Waals surface area contributed by atoms with Crippen LogP contribution in [-0.2, 0) is 9.47 Å². The highest BCUT2D eigenvalue weighted by Crippen LogP contribution is 2.31. The molecule has 0 saturated carbocycles. The molecule has 3 rings (SSSR count). The molecule has 0 aromatic heterocycles. The second-order valence-electron chi connectivity index (χ2n) is 10.0. The fraction of sp³-hybridized carbons (Fsp3) is 0.667. The Morgan fingerprint density at radius 2 is 1.13 bits per heavy atom. The lowest BCUT2D eigenvalue weighted by Gasteiger charge is -2.35. The van der Waals surface area contributed by atoms with E-state index < -0.39 is 23.1 Å². The van der Waals surface area contributed by atoms with Gasteiger partial charge in [0.25, 0.3) is 0 Å². The molecule has 0 aliphatic carbocycles. The van der Waals surface area contributed by atoms with Gasteiger partial charge in [-0.15, -0.1) is 0 Å². The molecule has 0 amide bonds. The number of esters is 2. The predicted molar refractivity (Wildman–Crippen MR) is 116 cm³/mol. The number of carbonyl (C=O) groups is 2. The maximum absolute atomic E-state index is 12.9. The molecule has 1 aromatic rings. The van der Waals surface area contributed by atoms with Crippen molar-refractivity contribution in [3.8, 4) is 5.75 Å². The average Bonchev–Trinajstić information content (AvgIpc) is 2.74. The molecular formula is C24H38N2O5+2. The summed E-state index contributed by atoms with van der Waals surface area (Å²) in [6.07, 6.45) is 3.97. The largest absolute Gasteiger partial charge is 0.508 e. The summed E-state index contributed by atoms with van der Waals surface area (Å²) in [6, 6.07) is 4.14. The smallest absolute Gasteiger partial charge is 0.338 e. The molecule has 2 fully saturated rings. The van der Waals surface area contributed by atoms with E-state index in [1.165, 1.54) is 18.2 Å². The summed E-state index contributed by atoms with van der Waals surface area (Å²) in [7, 11) is 0. The molecule has 0 spiro atoms. The van der Waals surface area contributed by atoms with E-state index in [-0.39, 0.29) is 28.7 Å². The van der Waals surface area contributed by atoms with Crippen LogP contribution in [-0.4, -0.2) is 54.4 Å². The summed E-state index contributed by atoms with van der Waals surface area (Å²) in [6.45, 7) is 11.9. The number of carbonyl (C=O) groups excluding carboxylic acids is 2. The maximum Gasteiger partial charge on any atom is 0.338 e. The van der Waals surface area contributed by atoms with Crippen LogP contribution in [0.4, 0.5) is 0 Å². The summed E-state index contributed by atoms with van der Waals surface area (Å²) in [5.41, 5.74) is -0.908. The molecule has 2 aliphatic heterocycles. The van der Waals surface area contributed by atoms with Gasteiger partial charge in [-0.1, -0.05) is 0 Å². The van der Waals surface area contributed by atoms with Gasteiger partial charge in [-0.2, -0.15) is 0 Å². The van der Waals surface area contributed by atoms with Crippen LogP contribution in [0.15, 0.2) is 18.2 Å². The third-order valence-corrected chi connectivity index (χ3v) is 6.94. The molecule has 0 bridgehead atoms. The van der Waals surface area contributed by atoms with Gasteiger partial charge in [0, 0.05) is 37.5 Å². The Labute approximate surface area is 184 Å². The molecule has 1 aromatic carbocycles. The number of hydrogen-bond donors (Lipinski definition) is 3. The molecule has 2 saturated heterocycles. The normalized spacial score (nSPS) is 19.1. The molecule has 31 heavy (non-hydrogen) atoms. The number of aromatic hydroxyl groups is 1. The van der Waals surface area contributed by atoms with Crippen molar-refractivity contribution in [2.75, 3.05) is 26.2 Å². The number of piperidine rings is 2. The first-order chi connectivity index (χ1) is 14.6. The number of phenolic OH excluding ortho intramolecular Hbond substituents is 1. The lowest BCUT2D eigenvalue weighted by atomic mass is 9.83. The van der Waals surface area contributed by atoms with Crippen molar-refractivity contribution in [2.45, 2.75) is 64.6 Å². The van der Waals surface area contributed by atoms with Gasteiger partial charge in [0.1, 0.15) is 17.0 Å². The van der Waals surface area contributed by atoms with Crippen LogP contribution in [0.25, 0.3) is 0 Å². The summed E-state index contributed by atoms with van der Waals surface area (Å²) in [4.78, 5) is 25.7. The molecule has 0 atom stereocenters. The quantitative estimate of drug-likeness (QED) is 0.584. The summed E-state index contributed by atoms with van der Waals surface area (Å²) in [5, 5.41) is 14.7. The Hall–Kier alpha value is -2.12. The Kier molecular flexibility index (Phi) is 7.27. The van der Waals surface area contributed by atoms with Gasteiger partial charge >= 0.3 is 11.9 Å². The topological polar surface area (TPSA) is 106 Å². The van der Waals surface area contributed by atoms with Gasteiger partial charge in [0.15, 0.2) is 0 Å². The molecule has 2 heterocycles. The van der Waals surface area contributed by atoms with E-state index >= 15 is 0 Å². The van der Waals surface area contributed by atoms with E-state index in [9.17, 15) is 14.7 Å². The average molecular weight is 435 g/mol. The second kappa shape index (κ2) is 9.57. The zero-order chi connectivity index (χ0) is 22.6. The number of nitrogens with two attached hydrogens (primary N) is 2. The maximum atomic E-state index is 12.9. The number of benzene rings is 1. The summed E-state index contributed by atoms with van der Waals surface area (Å²) >= 11 is 0. The summed E-state index contributed by atoms with van der Waals surface area (Å²) < 4.78 is 11.7. The molecule has 2 aliphatic rings. The van der Waals surface area contributed by atoms with Gasteiger partial charge in [-0.05, 0) is 45.9 Å². The fourth-order valence-corrected chi connectivity index (χ4v) is 4.85. The lowest BCUT2D eigenvalue weighted by Crippen LogP contribution is -2.86. The van der Waals surface area contributed by atoms with Crippen molar-refractivity contribution in [1.29, 1.82) is 0 Å². The highest BCUT2D eigenvalue weighted by Gasteiger charge is 2.37. The van der Waals surface area contributed by atoms with Crippen molar-refractivity contribution in [1.82, 2.24) is 0 Å². The lowest BCUT2D eigenvalue weighted by molar-refractivity contribution is -0.666. The SMILES string of the molecule is CC(C)(OC(=O)c1cc(O)cc(C(=O)OC(C)(C)C2CC[NH2+]CC2)c1)C1CC[NH2+]CC1. The molecule has 172 valence electrons. The minimum Gasteiger partial charge on any atom is -0.508 e. The van der Waals surface area contributed by atoms with Crippen molar-refractivity contribution in [2.24, 2.45) is 11.8 Å². The number of ether oxygens (including phenoxy) is 2. The van der Waals surface area contributed by atoms with Crippen LogP contribution in [0.1, 0.15) is 74.1 Å². The molecule has 0 unspecified atom stereocenters. The van der Waals surface area contributed by atoms with Gasteiger partial charge in [-0.25, -0.2) is 9.59 Å². The van der Waals surface area contributed by atoms with Gasteiger partial charge < -0.3 is 25.2 Å². The van der Waals surface area contributed by atoms with Crippen molar-refractivity contribution >= 4 is 11.9 Å². The second-order valence-corrected chi connectivity index (χ2v) is 10.0. The Bertz CT molecular complexity index is 731. The van der Waals surface area contributed by atoms with Crippen molar-refractivity contribution in [3.05, 3.63) is 29.3 Å². The van der Waals surface area contributed by atoms with E-state index in [0.717, 1.165) is 51.9 Å². The van der Waals surface area contributed by atoms with Crippen molar-refractivity contribution in [3.63, 3.8) is 0 Å². The van der Waals surface area contributed by atoms with Crippen LogP contribution in [0.3, 0.4) is 0 Å². The third kappa shape index (κ3) is 5.98. The first-order valence-corrected chi connectivity index (χ1v) is 11.5. The van der Waals surface area contributed by atoms with E-state index in [1.54, 1.807) is 0 Å². The van der Waals surface area contributed by atoms with E-state index in [2.05, 4.69) is 10.6 Å². The first-order valence-electron chi connectivity index (χ1n) is 11.5. The standard InChI is InChI=1S/C24H36N2O5/c1-23(2,18-5-9-25-10-6-18)30-21(28)16-13-17(15-20(27)14-16)22(29)31-24(3,4)19-7-11-26-12-8-19/h13-15,18-19,25-27H,5-12H2,1-4H3/p+2. The van der Waals surface area contributed by atoms with Crippen LogP contribution in [0.2, 0.25) is 0 Å².